The Kier molecular flexibility index (Phi) is 7.51. The first-order valence-corrected chi connectivity index (χ1v) is 11.4. The highest BCUT2D eigenvalue weighted by Gasteiger charge is 2.47. The number of hydrogen-bond acceptors (Lipinski definition) is 8. The summed E-state index contributed by atoms with van der Waals surface area (Å²) < 4.78 is 21.8. The summed E-state index contributed by atoms with van der Waals surface area (Å²) in [6.45, 7) is 5.52. The van der Waals surface area contributed by atoms with Crippen LogP contribution in [0.25, 0.3) is 0 Å². The minimum atomic E-state index is -0.955. The van der Waals surface area contributed by atoms with Crippen molar-refractivity contribution in [2.24, 2.45) is 11.8 Å². The summed E-state index contributed by atoms with van der Waals surface area (Å²) in [5.41, 5.74) is 2.58. The van der Waals surface area contributed by atoms with Crippen LogP contribution in [-0.4, -0.2) is 45.7 Å². The smallest absolute Gasteiger partial charge is 0.336 e. The number of esters is 2. The molecule has 0 fully saturated rings. The lowest BCUT2D eigenvalue weighted by molar-refractivity contribution is -0.151. The standard InChI is InChI=1S/C24H28BrNO7/c1-7-33-24(29)18-12(3)26-15-8-11(2)17(23(28)32-6)21(27)20(15)19(18)13-9-14(25)22(31-5)16(10-13)30-4/h9-11,17,19,26H,7-8H2,1-6H3/t11-,17-,19+/m0/s1. The molecule has 0 saturated carbocycles. The van der Waals surface area contributed by atoms with Gasteiger partial charge in [0.05, 0.1) is 38.0 Å². The molecule has 3 rings (SSSR count). The fourth-order valence-electron chi connectivity index (χ4n) is 4.60. The van der Waals surface area contributed by atoms with Gasteiger partial charge in [-0.1, -0.05) is 6.92 Å². The highest BCUT2D eigenvalue weighted by Crippen LogP contribution is 2.48. The minimum Gasteiger partial charge on any atom is -0.493 e. The van der Waals surface area contributed by atoms with Crippen molar-refractivity contribution in [3.05, 3.63) is 44.7 Å². The van der Waals surface area contributed by atoms with Crippen LogP contribution < -0.4 is 14.8 Å². The van der Waals surface area contributed by atoms with E-state index in [0.29, 0.717) is 50.5 Å². The van der Waals surface area contributed by atoms with Crippen molar-refractivity contribution in [2.45, 2.75) is 33.1 Å². The van der Waals surface area contributed by atoms with Gasteiger partial charge in [-0.3, -0.25) is 9.59 Å². The average Bonchev–Trinajstić information content (AvgIpc) is 2.77. The van der Waals surface area contributed by atoms with Gasteiger partial charge in [0.15, 0.2) is 17.3 Å². The fourth-order valence-corrected chi connectivity index (χ4v) is 5.22. The van der Waals surface area contributed by atoms with Gasteiger partial charge in [0.1, 0.15) is 5.92 Å². The van der Waals surface area contributed by atoms with E-state index in [1.807, 2.05) is 6.92 Å². The maximum atomic E-state index is 13.7. The lowest BCUT2D eigenvalue weighted by atomic mass is 9.69. The lowest BCUT2D eigenvalue weighted by Crippen LogP contribution is -2.43. The van der Waals surface area contributed by atoms with Gasteiger partial charge >= 0.3 is 11.9 Å². The van der Waals surface area contributed by atoms with Crippen molar-refractivity contribution >= 4 is 33.7 Å². The van der Waals surface area contributed by atoms with E-state index in [9.17, 15) is 14.4 Å². The van der Waals surface area contributed by atoms with Gasteiger partial charge in [-0.25, -0.2) is 4.79 Å². The Hall–Kier alpha value is -2.81. The summed E-state index contributed by atoms with van der Waals surface area (Å²) >= 11 is 3.50. The van der Waals surface area contributed by atoms with E-state index < -0.39 is 23.8 Å². The molecule has 0 spiro atoms. The Morgan fingerprint density at radius 1 is 1.18 bits per heavy atom. The van der Waals surface area contributed by atoms with Crippen LogP contribution in [0.15, 0.2) is 39.1 Å². The molecule has 1 aromatic rings. The van der Waals surface area contributed by atoms with Crippen molar-refractivity contribution in [2.75, 3.05) is 27.9 Å². The number of benzene rings is 1. The third-order valence-electron chi connectivity index (χ3n) is 6.03. The Morgan fingerprint density at radius 3 is 2.45 bits per heavy atom. The van der Waals surface area contributed by atoms with Crippen molar-refractivity contribution in [1.82, 2.24) is 5.32 Å². The predicted octanol–water partition coefficient (Wildman–Crippen LogP) is 3.64. The normalized spacial score (nSPS) is 22.4. The monoisotopic (exact) mass is 521 g/mol. The highest BCUT2D eigenvalue weighted by atomic mass is 79.9. The second kappa shape index (κ2) is 9.99. The molecule has 178 valence electrons. The van der Waals surface area contributed by atoms with Crippen LogP contribution >= 0.6 is 15.9 Å². The van der Waals surface area contributed by atoms with Crippen LogP contribution in [0.1, 0.15) is 38.7 Å². The third kappa shape index (κ3) is 4.38. The Balaban J connectivity index is 2.27. The second-order valence-electron chi connectivity index (χ2n) is 7.99. The number of rotatable bonds is 6. The molecule has 1 heterocycles. The van der Waals surface area contributed by atoms with Crippen LogP contribution in [0, 0.1) is 11.8 Å². The highest BCUT2D eigenvalue weighted by molar-refractivity contribution is 9.10. The summed E-state index contributed by atoms with van der Waals surface area (Å²) in [6.07, 6.45) is 0.458. The molecule has 3 atom stereocenters. The Bertz CT molecular complexity index is 1060. The Morgan fingerprint density at radius 2 is 1.88 bits per heavy atom. The van der Waals surface area contributed by atoms with Crippen LogP contribution in [0.2, 0.25) is 0 Å². The summed E-state index contributed by atoms with van der Waals surface area (Å²) in [5.74, 6) is -2.55. The van der Waals surface area contributed by atoms with Gasteiger partial charge in [-0.05, 0) is 59.8 Å². The molecule has 0 aromatic heterocycles. The van der Waals surface area contributed by atoms with E-state index >= 15 is 0 Å². The van der Waals surface area contributed by atoms with Gasteiger partial charge in [0.2, 0.25) is 0 Å². The molecule has 0 unspecified atom stereocenters. The van der Waals surface area contributed by atoms with E-state index in [4.69, 9.17) is 18.9 Å². The van der Waals surface area contributed by atoms with Gasteiger partial charge < -0.3 is 24.3 Å². The molecule has 1 aliphatic heterocycles. The first-order valence-electron chi connectivity index (χ1n) is 10.6. The second-order valence-corrected chi connectivity index (χ2v) is 8.85. The number of methoxy groups -OCH3 is 3. The molecular weight excluding hydrogens is 494 g/mol. The van der Waals surface area contributed by atoms with E-state index in [-0.39, 0.29) is 18.3 Å². The molecule has 9 heteroatoms. The van der Waals surface area contributed by atoms with E-state index in [1.165, 1.54) is 21.3 Å². The number of carbonyl (C=O) groups excluding carboxylic acids is 3. The number of nitrogens with one attached hydrogen (secondary N) is 1. The summed E-state index contributed by atoms with van der Waals surface area (Å²) in [4.78, 5) is 39.3. The van der Waals surface area contributed by atoms with E-state index in [1.54, 1.807) is 26.0 Å². The molecule has 1 N–H and O–H groups in total. The number of ketones is 1. The summed E-state index contributed by atoms with van der Waals surface area (Å²) in [6, 6.07) is 3.52. The first-order chi connectivity index (χ1) is 15.7. The van der Waals surface area contributed by atoms with Gasteiger partial charge in [-0.15, -0.1) is 0 Å². The quantitative estimate of drug-likeness (QED) is 0.447. The largest absolute Gasteiger partial charge is 0.493 e. The lowest BCUT2D eigenvalue weighted by Gasteiger charge is -2.38. The number of halogens is 1. The molecular formula is C24H28BrNO7. The number of Topliss-reactive ketones (excluding diaryl/α,β-unsaturated/α-hetero) is 1. The third-order valence-corrected chi connectivity index (χ3v) is 6.62. The molecule has 33 heavy (non-hydrogen) atoms. The number of dihydropyridines is 1. The molecule has 0 saturated heterocycles. The van der Waals surface area contributed by atoms with Crippen LogP contribution in [0.4, 0.5) is 0 Å². The molecule has 0 radical (unpaired) electrons. The molecule has 0 amide bonds. The number of hydrogen-bond donors (Lipinski definition) is 1. The zero-order chi connectivity index (χ0) is 24.4. The average molecular weight is 522 g/mol. The molecule has 0 bridgehead atoms. The topological polar surface area (TPSA) is 100 Å². The molecule has 8 nitrogen and oxygen atoms in total. The summed E-state index contributed by atoms with van der Waals surface area (Å²) in [7, 11) is 4.30. The van der Waals surface area contributed by atoms with Crippen LogP contribution in [-0.2, 0) is 23.9 Å². The van der Waals surface area contributed by atoms with Crippen molar-refractivity contribution in [3.8, 4) is 11.5 Å². The number of allylic oxidation sites excluding steroid dienone is 3. The fraction of sp³-hybridized carbons (Fsp3) is 0.458. The first kappa shape index (κ1) is 24.8. The molecule has 1 aliphatic carbocycles. The molecule has 1 aromatic carbocycles. The minimum absolute atomic E-state index is 0.180. The maximum Gasteiger partial charge on any atom is 0.336 e. The van der Waals surface area contributed by atoms with Gasteiger partial charge in [-0.2, -0.15) is 0 Å². The maximum absolute atomic E-state index is 13.7. The predicted molar refractivity (Wildman–Crippen MR) is 124 cm³/mol. The van der Waals surface area contributed by atoms with Crippen molar-refractivity contribution < 1.29 is 33.3 Å². The number of carbonyl (C=O) groups is 3. The molecule has 2 aliphatic rings. The SMILES string of the molecule is CCOC(=O)C1=C(C)NC2=C(C(=O)[C@@H](C(=O)OC)[C@@H](C)C2)[C@@H]1c1cc(Br)c(OC)c(OC)c1. The van der Waals surface area contributed by atoms with E-state index in [0.717, 1.165) is 0 Å². The van der Waals surface area contributed by atoms with Crippen LogP contribution in [0.3, 0.4) is 0 Å². The summed E-state index contributed by atoms with van der Waals surface area (Å²) in [5, 5.41) is 3.23. The Labute approximate surface area is 201 Å². The number of ether oxygens (including phenoxy) is 4. The zero-order valence-electron chi connectivity index (χ0n) is 19.5. The van der Waals surface area contributed by atoms with Gasteiger partial charge in [0, 0.05) is 22.9 Å². The van der Waals surface area contributed by atoms with Gasteiger partial charge in [0.25, 0.3) is 0 Å². The van der Waals surface area contributed by atoms with Crippen LogP contribution in [0.5, 0.6) is 11.5 Å². The van der Waals surface area contributed by atoms with E-state index in [2.05, 4.69) is 21.2 Å². The van der Waals surface area contributed by atoms with Crippen molar-refractivity contribution in [1.29, 1.82) is 0 Å². The van der Waals surface area contributed by atoms with Crippen molar-refractivity contribution in [3.63, 3.8) is 0 Å². The zero-order valence-corrected chi connectivity index (χ0v) is 21.1.